The summed E-state index contributed by atoms with van der Waals surface area (Å²) in [6.45, 7) is -0.227. The van der Waals surface area contributed by atoms with Crippen molar-refractivity contribution in [3.8, 4) is 0 Å². The van der Waals surface area contributed by atoms with Crippen LogP contribution < -0.4 is 32.7 Å². The number of likely N-dealkylation sites (tertiary alicyclic amines) is 1. The number of alkyl carbamates (subject to hydrolysis) is 2. The predicted octanol–water partition coefficient (Wildman–Crippen LogP) is 1.07. The Labute approximate surface area is 328 Å². The number of carbonyl (C=O) groups excluding carboxylic acids is 5. The zero-order chi connectivity index (χ0) is 41.8. The summed E-state index contributed by atoms with van der Waals surface area (Å²) < 4.78 is 40.5. The molecule has 22 nitrogen and oxygen atoms in total. The van der Waals surface area contributed by atoms with Crippen molar-refractivity contribution in [2.45, 2.75) is 69.8 Å². The molecule has 1 saturated heterocycles. The second kappa shape index (κ2) is 23.7. The highest BCUT2D eigenvalue weighted by atomic mass is 31.1. The summed E-state index contributed by atoms with van der Waals surface area (Å²) in [5, 5.41) is 20.2. The number of anilines is 1. The largest absolute Gasteiger partial charge is 0.700 e. The molecular formula is C33H46N8O14P2+2. The zero-order valence-electron chi connectivity index (χ0n) is 30.6. The van der Waals surface area contributed by atoms with Crippen molar-refractivity contribution >= 4 is 58.1 Å². The lowest BCUT2D eigenvalue weighted by Gasteiger charge is -2.26. The topological polar surface area (TPSA) is 333 Å². The van der Waals surface area contributed by atoms with Crippen LogP contribution in [0.5, 0.6) is 0 Å². The lowest BCUT2D eigenvalue weighted by atomic mass is 10.1. The average Bonchev–Trinajstić information content (AvgIpc) is 3.66. The third-order valence-corrected chi connectivity index (χ3v) is 8.91. The summed E-state index contributed by atoms with van der Waals surface area (Å²) in [5.74, 6) is -4.57. The van der Waals surface area contributed by atoms with Gasteiger partial charge in [-0.25, -0.2) is 9.59 Å². The number of rotatable bonds is 22. The average molecular weight is 841 g/mol. The van der Waals surface area contributed by atoms with E-state index in [9.17, 15) is 38.2 Å². The summed E-state index contributed by atoms with van der Waals surface area (Å²) in [4.78, 5) is 87.1. The van der Waals surface area contributed by atoms with Gasteiger partial charge < -0.3 is 52.2 Å². The molecule has 0 aliphatic carbocycles. The van der Waals surface area contributed by atoms with Gasteiger partial charge >= 0.3 is 34.7 Å². The third-order valence-electron chi connectivity index (χ3n) is 8.02. The molecule has 0 spiro atoms. The van der Waals surface area contributed by atoms with Gasteiger partial charge in [-0.05, 0) is 64.4 Å². The van der Waals surface area contributed by atoms with Crippen molar-refractivity contribution in [1.29, 1.82) is 0 Å². The first-order valence-corrected chi connectivity index (χ1v) is 19.7. The van der Waals surface area contributed by atoms with Crippen LogP contribution in [0.2, 0.25) is 0 Å². The number of nitrogens with two attached hydrogens (primary N) is 2. The van der Waals surface area contributed by atoms with E-state index in [1.165, 1.54) is 4.90 Å². The van der Waals surface area contributed by atoms with Crippen molar-refractivity contribution < 1.29 is 66.5 Å². The maximum absolute atomic E-state index is 13.5. The normalized spacial score (nSPS) is 15.6. The Morgan fingerprint density at radius 1 is 0.895 bits per heavy atom. The smallest absolute Gasteiger partial charge is 0.445 e. The van der Waals surface area contributed by atoms with E-state index in [2.05, 4.69) is 35.3 Å². The fraction of sp³-hybridized carbons (Fsp3) is 0.455. The van der Waals surface area contributed by atoms with Crippen LogP contribution in [0.4, 0.5) is 15.3 Å². The Morgan fingerprint density at radius 2 is 1.51 bits per heavy atom. The van der Waals surface area contributed by atoms with Crippen LogP contribution in [0.15, 0.2) is 59.6 Å². The summed E-state index contributed by atoms with van der Waals surface area (Å²) >= 11 is 0. The molecule has 1 aliphatic rings. The molecule has 0 bridgehead atoms. The van der Waals surface area contributed by atoms with Gasteiger partial charge in [0.1, 0.15) is 31.8 Å². The fourth-order valence-corrected chi connectivity index (χ4v) is 6.17. The van der Waals surface area contributed by atoms with Crippen molar-refractivity contribution in [3.63, 3.8) is 0 Å². The van der Waals surface area contributed by atoms with E-state index < -0.39 is 77.4 Å². The van der Waals surface area contributed by atoms with Crippen LogP contribution in [0, 0.1) is 0 Å². The molecule has 0 radical (unpaired) electrons. The Balaban J connectivity index is 1.50. The number of nitrogens with zero attached hydrogens (tertiary/aromatic N) is 2. The summed E-state index contributed by atoms with van der Waals surface area (Å²) in [7, 11) is -6.74. The monoisotopic (exact) mass is 840 g/mol. The quantitative estimate of drug-likeness (QED) is 0.0263. The number of hydrogen-bond donors (Lipinski definition) is 9. The van der Waals surface area contributed by atoms with Crippen molar-refractivity contribution in [2.75, 3.05) is 31.5 Å². The molecule has 310 valence electrons. The predicted molar refractivity (Wildman–Crippen MR) is 200 cm³/mol. The minimum absolute atomic E-state index is 0.0186. The Bertz CT molecular complexity index is 1720. The third kappa shape index (κ3) is 17.6. The number of aliphatic hydroxyl groups is 1. The van der Waals surface area contributed by atoms with E-state index in [0.717, 1.165) is 5.56 Å². The molecule has 11 N–H and O–H groups in total. The first kappa shape index (κ1) is 46.0. The summed E-state index contributed by atoms with van der Waals surface area (Å²) in [6.07, 6.45) is -0.959. The molecule has 24 heteroatoms. The van der Waals surface area contributed by atoms with Crippen LogP contribution in [-0.4, -0.2) is 99.9 Å². The molecule has 3 rings (SSSR count). The molecular weight excluding hydrogens is 794 g/mol. The fourth-order valence-electron chi connectivity index (χ4n) is 5.37. The van der Waals surface area contributed by atoms with Gasteiger partial charge in [0.15, 0.2) is 5.96 Å². The van der Waals surface area contributed by atoms with Gasteiger partial charge in [-0.1, -0.05) is 42.5 Å². The van der Waals surface area contributed by atoms with Crippen molar-refractivity contribution in [1.82, 2.24) is 20.9 Å². The first-order chi connectivity index (χ1) is 27.1. The maximum atomic E-state index is 13.5. The maximum Gasteiger partial charge on any atom is 0.700 e. The molecule has 2 aromatic rings. The van der Waals surface area contributed by atoms with Crippen LogP contribution in [0.25, 0.3) is 0 Å². The summed E-state index contributed by atoms with van der Waals surface area (Å²) in [6, 6.07) is 13.3. The van der Waals surface area contributed by atoms with E-state index in [0.29, 0.717) is 30.5 Å². The Kier molecular flexibility index (Phi) is 19.1. The Hall–Kier alpha value is -5.34. The SMILES string of the molecule is NC(N)=NCCC[C@H](NC(=O)[C@@H]1CCCN1C(=O)CNC(=O)OCc1ccccc1)C(=O)Nc1ccc(COC(=O)NCCCC(O)(O[P+](=O)O)O[P+](=O)O)cc1. The van der Waals surface area contributed by atoms with E-state index in [-0.39, 0.29) is 51.6 Å². The van der Waals surface area contributed by atoms with Crippen LogP contribution in [0.3, 0.4) is 0 Å². The van der Waals surface area contributed by atoms with Gasteiger partial charge in [-0.3, -0.25) is 19.4 Å². The van der Waals surface area contributed by atoms with E-state index in [1.807, 2.05) is 6.07 Å². The molecule has 1 fully saturated rings. The highest BCUT2D eigenvalue weighted by molar-refractivity contribution is 7.33. The van der Waals surface area contributed by atoms with Crippen LogP contribution >= 0.6 is 16.5 Å². The lowest BCUT2D eigenvalue weighted by Crippen LogP contribution is -2.53. The van der Waals surface area contributed by atoms with Gasteiger partial charge in [0.2, 0.25) is 17.7 Å². The van der Waals surface area contributed by atoms with E-state index in [1.54, 1.807) is 48.5 Å². The number of amides is 5. The second-order valence-electron chi connectivity index (χ2n) is 12.3. The van der Waals surface area contributed by atoms with Crippen molar-refractivity contribution in [3.05, 3.63) is 65.7 Å². The van der Waals surface area contributed by atoms with Crippen LogP contribution in [0.1, 0.15) is 49.7 Å². The van der Waals surface area contributed by atoms with Gasteiger partial charge in [-0.15, -0.1) is 9.79 Å². The molecule has 2 aromatic carbocycles. The second-order valence-corrected chi connectivity index (χ2v) is 13.7. The number of ether oxygens (including phenoxy) is 2. The summed E-state index contributed by atoms with van der Waals surface area (Å²) in [5.41, 5.74) is 12.5. The molecule has 4 atom stereocenters. The molecule has 0 aromatic heterocycles. The van der Waals surface area contributed by atoms with Gasteiger partial charge in [0.05, 0.1) is 0 Å². The number of nitrogens with one attached hydrogen (secondary N) is 4. The lowest BCUT2D eigenvalue weighted by molar-refractivity contribution is -0.277. The minimum Gasteiger partial charge on any atom is -0.445 e. The molecule has 1 heterocycles. The highest BCUT2D eigenvalue weighted by Gasteiger charge is 2.47. The van der Waals surface area contributed by atoms with Crippen LogP contribution in [-0.2, 0) is 55.2 Å². The number of hydrogen-bond acceptors (Lipinski definition) is 13. The molecule has 2 unspecified atom stereocenters. The number of guanidine groups is 1. The molecule has 0 saturated carbocycles. The highest BCUT2D eigenvalue weighted by Crippen LogP contribution is 2.35. The molecule has 5 amide bonds. The zero-order valence-corrected chi connectivity index (χ0v) is 32.4. The Morgan fingerprint density at radius 3 is 2.12 bits per heavy atom. The number of carbonyl (C=O) groups is 5. The standard InChI is InChI=1S/C33H44N8O14P2/c34-30(35)36-16-4-9-25(40-29(44)26-10-5-18-41(26)27(42)19-38-32(46)53-20-22-7-2-1-3-8-22)28(43)39-24-13-11-23(12-14-24)21-52-31(45)37-17-6-15-33(47,54-56(48)49)55-57(50)51/h1-3,7-8,11-14,25-26,47H,4-6,9-10,15-21H2,(H8-2,34,35,36,37,38,39,40,43,44,45,46,48,49,50,51)/p+2/t25-,26-/m0/s1. The number of aliphatic imine (C=N–C) groups is 1. The molecule has 1 aliphatic heterocycles. The van der Waals surface area contributed by atoms with Crippen molar-refractivity contribution in [2.24, 2.45) is 16.5 Å². The van der Waals surface area contributed by atoms with Gasteiger partial charge in [-0.2, -0.15) is 0 Å². The van der Waals surface area contributed by atoms with E-state index >= 15 is 0 Å². The number of benzene rings is 2. The molecule has 57 heavy (non-hydrogen) atoms. The van der Waals surface area contributed by atoms with E-state index in [4.69, 9.17) is 30.7 Å². The van der Waals surface area contributed by atoms with Gasteiger partial charge in [0.25, 0.3) is 0 Å². The first-order valence-electron chi connectivity index (χ1n) is 17.5. The minimum atomic E-state index is -3.37. The van der Waals surface area contributed by atoms with Gasteiger partial charge in [0, 0.05) is 40.9 Å².